The summed E-state index contributed by atoms with van der Waals surface area (Å²) in [4.78, 5) is 39.1. The fraction of sp³-hybridized carbons (Fsp3) is 0.296. The van der Waals surface area contributed by atoms with Gasteiger partial charge in [0.05, 0.1) is 18.9 Å². The molecule has 0 aromatic heterocycles. The summed E-state index contributed by atoms with van der Waals surface area (Å²) in [7, 11) is 1.21. The van der Waals surface area contributed by atoms with E-state index in [1.54, 1.807) is 42.2 Å². The Morgan fingerprint density at radius 1 is 1.17 bits per heavy atom. The molecule has 9 heteroatoms. The van der Waals surface area contributed by atoms with Crippen molar-refractivity contribution < 1.29 is 33.0 Å². The zero-order valence-electron chi connectivity index (χ0n) is 20.1. The van der Waals surface area contributed by atoms with Gasteiger partial charge in [-0.15, -0.1) is 0 Å². The minimum Gasteiger partial charge on any atom is -0.484 e. The second-order valence-corrected chi connectivity index (χ2v) is 8.42. The fourth-order valence-electron chi connectivity index (χ4n) is 4.13. The number of benzene rings is 2. The average molecular weight is 495 g/mol. The Morgan fingerprint density at radius 3 is 2.53 bits per heavy atom. The molecule has 0 radical (unpaired) electrons. The lowest BCUT2D eigenvalue weighted by Gasteiger charge is -2.21. The molecule has 8 nitrogen and oxygen atoms in total. The monoisotopic (exact) mass is 494 g/mol. The van der Waals surface area contributed by atoms with Gasteiger partial charge >= 0.3 is 5.97 Å². The van der Waals surface area contributed by atoms with E-state index in [-0.39, 0.29) is 29.9 Å². The topological polar surface area (TPSA) is 94.2 Å². The number of anilines is 1. The van der Waals surface area contributed by atoms with Crippen LogP contribution in [0.4, 0.5) is 10.1 Å². The lowest BCUT2D eigenvalue weighted by molar-refractivity contribution is -0.137. The van der Waals surface area contributed by atoms with Crippen molar-refractivity contribution in [1.82, 2.24) is 5.32 Å². The molecule has 0 spiro atoms. The van der Waals surface area contributed by atoms with Crippen molar-refractivity contribution in [2.75, 3.05) is 31.8 Å². The molecule has 0 unspecified atom stereocenters. The van der Waals surface area contributed by atoms with Crippen LogP contribution in [-0.4, -0.2) is 50.6 Å². The van der Waals surface area contributed by atoms with E-state index >= 15 is 0 Å². The summed E-state index contributed by atoms with van der Waals surface area (Å²) in [5.74, 6) is -1.40. The predicted molar refractivity (Wildman–Crippen MR) is 130 cm³/mol. The fourth-order valence-corrected chi connectivity index (χ4v) is 4.13. The maximum atomic E-state index is 13.5. The largest absolute Gasteiger partial charge is 0.484 e. The SMILES string of the molecule is COC(=O)C1=C(C)N(c2ccc(F)cc2)/C(=C\c2ccc(OCC(=O)NC[C@@H]3CCCO3)cc2)C1=O. The van der Waals surface area contributed by atoms with Gasteiger partial charge in [-0.25, -0.2) is 9.18 Å². The second kappa shape index (κ2) is 11.2. The number of Topliss-reactive ketones (excluding diaryl/α,β-unsaturated/α-hetero) is 1. The maximum Gasteiger partial charge on any atom is 0.343 e. The summed E-state index contributed by atoms with van der Waals surface area (Å²) in [6, 6.07) is 12.4. The number of ketones is 1. The molecule has 0 saturated carbocycles. The lowest BCUT2D eigenvalue weighted by atomic mass is 10.1. The van der Waals surface area contributed by atoms with E-state index in [1.165, 1.54) is 31.4 Å². The Bertz CT molecular complexity index is 1200. The van der Waals surface area contributed by atoms with E-state index in [2.05, 4.69) is 5.32 Å². The molecule has 2 aromatic carbocycles. The number of halogens is 1. The molecular weight excluding hydrogens is 467 g/mol. The van der Waals surface area contributed by atoms with Crippen molar-refractivity contribution in [2.24, 2.45) is 0 Å². The van der Waals surface area contributed by atoms with Crippen LogP contribution in [0.15, 0.2) is 65.5 Å². The number of carbonyl (C=O) groups is 3. The number of allylic oxidation sites excluding steroid dienone is 2. The highest BCUT2D eigenvalue weighted by Gasteiger charge is 2.38. The van der Waals surface area contributed by atoms with Crippen LogP contribution in [0.3, 0.4) is 0 Å². The van der Waals surface area contributed by atoms with Gasteiger partial charge in [0.25, 0.3) is 5.91 Å². The standard InChI is InChI=1S/C27H27FN2O6/c1-17-25(27(33)34-2)26(32)23(30(17)20-9-7-19(28)8-10-20)14-18-5-11-21(12-6-18)36-16-24(31)29-15-22-4-3-13-35-22/h5-12,14,22H,3-4,13,15-16H2,1-2H3,(H,29,31)/b23-14-/t22-/m0/s1. The number of ether oxygens (including phenoxy) is 3. The van der Waals surface area contributed by atoms with Crippen LogP contribution in [0.1, 0.15) is 25.3 Å². The molecule has 0 aliphatic carbocycles. The quantitative estimate of drug-likeness (QED) is 0.342. The van der Waals surface area contributed by atoms with Gasteiger partial charge in [0.2, 0.25) is 5.78 Å². The van der Waals surface area contributed by atoms with Gasteiger partial charge in [-0.1, -0.05) is 12.1 Å². The second-order valence-electron chi connectivity index (χ2n) is 8.42. The Hall–Kier alpha value is -3.98. The van der Waals surface area contributed by atoms with Gasteiger partial charge < -0.3 is 24.4 Å². The first-order valence-electron chi connectivity index (χ1n) is 11.6. The minimum atomic E-state index is -0.741. The van der Waals surface area contributed by atoms with Crippen molar-refractivity contribution >= 4 is 29.4 Å². The Labute approximate surface area is 208 Å². The molecule has 2 heterocycles. The van der Waals surface area contributed by atoms with E-state index in [1.807, 2.05) is 0 Å². The molecule has 0 bridgehead atoms. The van der Waals surface area contributed by atoms with Crippen LogP contribution >= 0.6 is 0 Å². The predicted octanol–water partition coefficient (Wildman–Crippen LogP) is 3.38. The van der Waals surface area contributed by atoms with Crippen molar-refractivity contribution in [3.8, 4) is 5.75 Å². The summed E-state index contributed by atoms with van der Waals surface area (Å²) in [5, 5.41) is 2.80. The van der Waals surface area contributed by atoms with Crippen molar-refractivity contribution in [3.05, 3.63) is 76.9 Å². The highest BCUT2D eigenvalue weighted by atomic mass is 19.1. The molecule has 2 aromatic rings. The number of esters is 1. The summed E-state index contributed by atoms with van der Waals surface area (Å²) in [6.07, 6.45) is 3.64. The van der Waals surface area contributed by atoms with Crippen LogP contribution in [-0.2, 0) is 23.9 Å². The van der Waals surface area contributed by atoms with Gasteiger partial charge in [0, 0.05) is 24.5 Å². The van der Waals surface area contributed by atoms with Crippen LogP contribution in [0.2, 0.25) is 0 Å². The average Bonchev–Trinajstić information content (AvgIpc) is 3.49. The van der Waals surface area contributed by atoms with Gasteiger partial charge in [-0.2, -0.15) is 0 Å². The number of nitrogens with one attached hydrogen (secondary N) is 1. The smallest absolute Gasteiger partial charge is 0.343 e. The first-order valence-corrected chi connectivity index (χ1v) is 11.6. The third-order valence-corrected chi connectivity index (χ3v) is 5.98. The number of methoxy groups -OCH3 is 1. The Kier molecular flexibility index (Phi) is 7.80. The molecule has 1 fully saturated rings. The molecular formula is C27H27FN2O6. The van der Waals surface area contributed by atoms with Crippen LogP contribution in [0, 0.1) is 5.82 Å². The van der Waals surface area contributed by atoms with Crippen LogP contribution in [0.25, 0.3) is 6.08 Å². The number of amides is 1. The Balaban J connectivity index is 1.47. The zero-order chi connectivity index (χ0) is 25.7. The normalized spacial score (nSPS) is 18.6. The van der Waals surface area contributed by atoms with Crippen molar-refractivity contribution in [2.45, 2.75) is 25.9 Å². The highest BCUT2D eigenvalue weighted by Crippen LogP contribution is 2.35. The summed E-state index contributed by atoms with van der Waals surface area (Å²) in [6.45, 7) is 2.70. The van der Waals surface area contributed by atoms with E-state index in [9.17, 15) is 18.8 Å². The molecule has 2 aliphatic heterocycles. The molecule has 1 saturated heterocycles. The van der Waals surface area contributed by atoms with Gasteiger partial charge in [0.15, 0.2) is 6.61 Å². The van der Waals surface area contributed by atoms with Crippen LogP contribution < -0.4 is 15.0 Å². The van der Waals surface area contributed by atoms with Gasteiger partial charge in [-0.05, 0) is 67.8 Å². The van der Waals surface area contributed by atoms with E-state index in [0.717, 1.165) is 19.4 Å². The lowest BCUT2D eigenvalue weighted by Crippen LogP contribution is -2.35. The first kappa shape index (κ1) is 25.1. The Morgan fingerprint density at radius 2 is 1.89 bits per heavy atom. The summed E-state index contributed by atoms with van der Waals surface area (Å²) < 4.78 is 29.3. The highest BCUT2D eigenvalue weighted by molar-refractivity contribution is 6.30. The summed E-state index contributed by atoms with van der Waals surface area (Å²) in [5.41, 5.74) is 1.73. The molecule has 1 N–H and O–H groups in total. The number of rotatable bonds is 8. The van der Waals surface area contributed by atoms with E-state index < -0.39 is 17.6 Å². The number of hydrogen-bond donors (Lipinski definition) is 1. The number of carbonyl (C=O) groups excluding carboxylic acids is 3. The first-order chi connectivity index (χ1) is 17.4. The van der Waals surface area contributed by atoms with Gasteiger partial charge in [-0.3, -0.25) is 9.59 Å². The number of nitrogens with zero attached hydrogens (tertiary/aromatic N) is 1. The summed E-state index contributed by atoms with van der Waals surface area (Å²) >= 11 is 0. The maximum absolute atomic E-state index is 13.5. The van der Waals surface area contributed by atoms with Crippen molar-refractivity contribution in [3.63, 3.8) is 0 Å². The van der Waals surface area contributed by atoms with Gasteiger partial charge in [0.1, 0.15) is 17.1 Å². The zero-order valence-corrected chi connectivity index (χ0v) is 20.1. The molecule has 1 amide bonds. The van der Waals surface area contributed by atoms with E-state index in [4.69, 9.17) is 14.2 Å². The molecule has 36 heavy (non-hydrogen) atoms. The molecule has 188 valence electrons. The van der Waals surface area contributed by atoms with E-state index in [0.29, 0.717) is 29.2 Å². The number of hydrogen-bond acceptors (Lipinski definition) is 7. The van der Waals surface area contributed by atoms with Crippen LogP contribution in [0.5, 0.6) is 5.75 Å². The molecule has 1 atom stereocenters. The minimum absolute atomic E-state index is 0.0619. The molecule has 4 rings (SSSR count). The third-order valence-electron chi connectivity index (χ3n) is 5.98. The van der Waals surface area contributed by atoms with Crippen molar-refractivity contribution in [1.29, 1.82) is 0 Å². The third kappa shape index (κ3) is 5.63. The molecule has 2 aliphatic rings.